The molecule has 3 rings (SSSR count). The Kier molecular flexibility index (Phi) is 4.12. The lowest BCUT2D eigenvalue weighted by molar-refractivity contribution is 0.247. The van der Waals surface area contributed by atoms with Gasteiger partial charge in [-0.05, 0) is 45.1 Å². The molecule has 1 aliphatic rings. The van der Waals surface area contributed by atoms with Crippen LogP contribution in [0.3, 0.4) is 0 Å². The molecule has 1 atom stereocenters. The van der Waals surface area contributed by atoms with E-state index in [0.29, 0.717) is 12.6 Å². The maximum atomic E-state index is 5.81. The molecule has 1 aliphatic heterocycles. The Morgan fingerprint density at radius 1 is 1.43 bits per heavy atom. The highest BCUT2D eigenvalue weighted by molar-refractivity contribution is 5.56. The summed E-state index contributed by atoms with van der Waals surface area (Å²) >= 11 is 0. The summed E-state index contributed by atoms with van der Waals surface area (Å²) in [5, 5.41) is 0. The quantitative estimate of drug-likeness (QED) is 0.922. The molecule has 0 aromatic carbocycles. The number of fused-ring (bicyclic) bond motifs is 1. The third-order valence-corrected chi connectivity index (χ3v) is 4.47. The van der Waals surface area contributed by atoms with Crippen molar-refractivity contribution in [3.05, 3.63) is 30.1 Å². The molecule has 3 heterocycles. The number of aromatic nitrogens is 2. The average molecular weight is 287 g/mol. The van der Waals surface area contributed by atoms with Gasteiger partial charge < -0.3 is 19.9 Å². The van der Waals surface area contributed by atoms with Gasteiger partial charge in [0.25, 0.3) is 0 Å². The first-order chi connectivity index (χ1) is 10.2. The number of piperidine rings is 1. The number of hydrogen-bond acceptors (Lipinski definition) is 4. The van der Waals surface area contributed by atoms with E-state index in [1.165, 1.54) is 25.1 Å². The van der Waals surface area contributed by atoms with E-state index in [1.54, 1.807) is 0 Å². The summed E-state index contributed by atoms with van der Waals surface area (Å²) in [6.45, 7) is 2.95. The molecule has 5 nitrogen and oxygen atoms in total. The predicted molar refractivity (Wildman–Crippen MR) is 86.9 cm³/mol. The third-order valence-electron chi connectivity index (χ3n) is 4.47. The Hall–Kier alpha value is -1.59. The van der Waals surface area contributed by atoms with Crippen LogP contribution in [0.1, 0.15) is 18.5 Å². The Morgan fingerprint density at radius 2 is 2.29 bits per heavy atom. The zero-order valence-corrected chi connectivity index (χ0v) is 13.0. The van der Waals surface area contributed by atoms with E-state index < -0.39 is 0 Å². The molecule has 0 amide bonds. The second-order valence-corrected chi connectivity index (χ2v) is 6.02. The molecule has 2 aromatic rings. The van der Waals surface area contributed by atoms with E-state index in [9.17, 15) is 0 Å². The maximum Gasteiger partial charge on any atom is 0.151 e. The smallest absolute Gasteiger partial charge is 0.151 e. The normalized spacial score (nSPS) is 20.0. The van der Waals surface area contributed by atoms with Crippen LogP contribution in [0.5, 0.6) is 0 Å². The van der Waals surface area contributed by atoms with Crippen molar-refractivity contribution in [2.75, 3.05) is 38.6 Å². The van der Waals surface area contributed by atoms with E-state index in [-0.39, 0.29) is 0 Å². The lowest BCUT2D eigenvalue weighted by atomic mass is 10.0. The molecule has 2 N–H and O–H groups in total. The minimum Gasteiger partial charge on any atom is -0.354 e. The summed E-state index contributed by atoms with van der Waals surface area (Å²) in [5.74, 6) is 1.09. The number of pyridine rings is 1. The molecule has 21 heavy (non-hydrogen) atoms. The van der Waals surface area contributed by atoms with Crippen LogP contribution in [0.25, 0.3) is 5.65 Å². The number of anilines is 1. The minimum atomic E-state index is 0.533. The second kappa shape index (κ2) is 6.03. The average Bonchev–Trinajstić information content (AvgIpc) is 2.86. The standard InChI is InChI=1S/C16H25N5/c1-19-10-5-6-13(12-19)20(2)16-14(8-9-17)21-11-4-3-7-15(21)18-16/h3-4,7,11,13H,5-6,8-10,12,17H2,1-2H3. The van der Waals surface area contributed by atoms with Crippen LogP contribution >= 0.6 is 0 Å². The van der Waals surface area contributed by atoms with E-state index in [0.717, 1.165) is 24.4 Å². The summed E-state index contributed by atoms with van der Waals surface area (Å²) < 4.78 is 2.17. The Morgan fingerprint density at radius 3 is 3.05 bits per heavy atom. The number of likely N-dealkylation sites (N-methyl/N-ethyl adjacent to an activating group) is 2. The van der Waals surface area contributed by atoms with Gasteiger partial charge in [-0.2, -0.15) is 0 Å². The number of rotatable bonds is 4. The summed E-state index contributed by atoms with van der Waals surface area (Å²) in [7, 11) is 4.37. The van der Waals surface area contributed by atoms with Gasteiger partial charge in [-0.15, -0.1) is 0 Å². The van der Waals surface area contributed by atoms with Crippen molar-refractivity contribution in [3.8, 4) is 0 Å². The molecule has 1 fully saturated rings. The molecule has 0 bridgehead atoms. The molecule has 0 saturated carbocycles. The predicted octanol–water partition coefficient (Wildman–Crippen LogP) is 1.37. The van der Waals surface area contributed by atoms with Crippen molar-refractivity contribution in [2.45, 2.75) is 25.3 Å². The maximum absolute atomic E-state index is 5.81. The monoisotopic (exact) mass is 287 g/mol. The molecule has 114 valence electrons. The molecule has 2 aromatic heterocycles. The fraction of sp³-hybridized carbons (Fsp3) is 0.562. The van der Waals surface area contributed by atoms with Gasteiger partial charge in [-0.3, -0.25) is 0 Å². The van der Waals surface area contributed by atoms with Gasteiger partial charge in [0, 0.05) is 32.3 Å². The first kappa shape index (κ1) is 14.4. The van der Waals surface area contributed by atoms with Crippen LogP contribution in [-0.4, -0.2) is 54.1 Å². The number of hydrogen-bond donors (Lipinski definition) is 1. The molecular weight excluding hydrogens is 262 g/mol. The van der Waals surface area contributed by atoms with Gasteiger partial charge >= 0.3 is 0 Å². The zero-order valence-electron chi connectivity index (χ0n) is 13.0. The van der Waals surface area contributed by atoms with Crippen molar-refractivity contribution < 1.29 is 0 Å². The van der Waals surface area contributed by atoms with Gasteiger partial charge in [0.2, 0.25) is 0 Å². The molecule has 1 saturated heterocycles. The Bertz CT molecular complexity index is 606. The van der Waals surface area contributed by atoms with Crippen LogP contribution < -0.4 is 10.6 Å². The van der Waals surface area contributed by atoms with Crippen molar-refractivity contribution in [2.24, 2.45) is 5.73 Å². The Labute approximate surface area is 126 Å². The fourth-order valence-electron chi connectivity index (χ4n) is 3.31. The van der Waals surface area contributed by atoms with Crippen LogP contribution in [0.2, 0.25) is 0 Å². The number of nitrogens with zero attached hydrogens (tertiary/aromatic N) is 4. The van der Waals surface area contributed by atoms with E-state index in [4.69, 9.17) is 10.7 Å². The SMILES string of the molecule is CN1CCCC(N(C)c2nc3ccccn3c2CCN)C1. The van der Waals surface area contributed by atoms with Gasteiger partial charge in [0.15, 0.2) is 5.82 Å². The van der Waals surface area contributed by atoms with Crippen molar-refractivity contribution >= 4 is 11.5 Å². The van der Waals surface area contributed by atoms with Gasteiger partial charge in [-0.1, -0.05) is 6.07 Å². The highest BCUT2D eigenvalue weighted by Gasteiger charge is 2.25. The first-order valence-electron chi connectivity index (χ1n) is 7.78. The lowest BCUT2D eigenvalue weighted by Gasteiger charge is -2.36. The first-order valence-corrected chi connectivity index (χ1v) is 7.78. The van der Waals surface area contributed by atoms with E-state index in [2.05, 4.69) is 40.6 Å². The number of likely N-dealkylation sites (tertiary alicyclic amines) is 1. The van der Waals surface area contributed by atoms with Gasteiger partial charge in [-0.25, -0.2) is 4.98 Å². The zero-order chi connectivity index (χ0) is 14.8. The van der Waals surface area contributed by atoms with Crippen LogP contribution in [0.15, 0.2) is 24.4 Å². The van der Waals surface area contributed by atoms with Gasteiger partial charge in [0.1, 0.15) is 5.65 Å². The number of imidazole rings is 1. The van der Waals surface area contributed by atoms with Crippen molar-refractivity contribution in [1.82, 2.24) is 14.3 Å². The van der Waals surface area contributed by atoms with Crippen LogP contribution in [0.4, 0.5) is 5.82 Å². The summed E-state index contributed by atoms with van der Waals surface area (Å²) in [6.07, 6.45) is 5.42. The topological polar surface area (TPSA) is 49.8 Å². The summed E-state index contributed by atoms with van der Waals surface area (Å²) in [6, 6.07) is 6.68. The molecule has 5 heteroatoms. The lowest BCUT2D eigenvalue weighted by Crippen LogP contribution is -2.45. The molecule has 1 unspecified atom stereocenters. The molecule has 0 spiro atoms. The Balaban J connectivity index is 1.96. The number of nitrogens with two attached hydrogens (primary N) is 1. The van der Waals surface area contributed by atoms with Crippen molar-refractivity contribution in [3.63, 3.8) is 0 Å². The summed E-state index contributed by atoms with van der Waals surface area (Å²) in [4.78, 5) is 9.61. The highest BCUT2D eigenvalue weighted by atomic mass is 15.3. The highest BCUT2D eigenvalue weighted by Crippen LogP contribution is 2.25. The van der Waals surface area contributed by atoms with Crippen molar-refractivity contribution in [1.29, 1.82) is 0 Å². The van der Waals surface area contributed by atoms with Crippen LogP contribution in [-0.2, 0) is 6.42 Å². The van der Waals surface area contributed by atoms with Gasteiger partial charge in [0.05, 0.1) is 5.69 Å². The van der Waals surface area contributed by atoms with Crippen LogP contribution in [0, 0.1) is 0 Å². The third kappa shape index (κ3) is 2.76. The fourth-order valence-corrected chi connectivity index (χ4v) is 3.31. The molecular formula is C16H25N5. The summed E-state index contributed by atoms with van der Waals surface area (Å²) in [5.41, 5.74) is 8.04. The second-order valence-electron chi connectivity index (χ2n) is 6.02. The van der Waals surface area contributed by atoms with E-state index in [1.807, 2.05) is 12.1 Å². The molecule has 0 radical (unpaired) electrons. The van der Waals surface area contributed by atoms with E-state index >= 15 is 0 Å². The minimum absolute atomic E-state index is 0.533. The molecule has 0 aliphatic carbocycles. The largest absolute Gasteiger partial charge is 0.354 e.